The van der Waals surface area contributed by atoms with Crippen molar-refractivity contribution in [1.29, 1.82) is 0 Å². The largest absolute Gasteiger partial charge is 0.400 e. The van der Waals surface area contributed by atoms with Crippen molar-refractivity contribution in [1.82, 2.24) is 15.1 Å². The highest BCUT2D eigenvalue weighted by molar-refractivity contribution is 6.42. The van der Waals surface area contributed by atoms with Crippen LogP contribution in [-0.2, 0) is 4.79 Å². The predicted molar refractivity (Wildman–Crippen MR) is 144 cm³/mol. The molecule has 7 nitrogen and oxygen atoms in total. The van der Waals surface area contributed by atoms with E-state index in [1.54, 1.807) is 17.0 Å². The van der Waals surface area contributed by atoms with Gasteiger partial charge in [0.05, 0.1) is 16.6 Å². The number of nitrogens with zero attached hydrogens (tertiary/aromatic N) is 2. The van der Waals surface area contributed by atoms with Crippen LogP contribution in [0.3, 0.4) is 0 Å². The first-order valence-electron chi connectivity index (χ1n) is 11.8. The third-order valence-corrected chi connectivity index (χ3v) is 6.10. The lowest BCUT2D eigenvalue weighted by Gasteiger charge is -2.32. The molecule has 0 bridgehead atoms. The van der Waals surface area contributed by atoms with Crippen molar-refractivity contribution < 1.29 is 19.1 Å². The first-order chi connectivity index (χ1) is 17.2. The van der Waals surface area contributed by atoms with Crippen LogP contribution in [0.15, 0.2) is 42.5 Å². The molecule has 10 heteroatoms. The molecule has 4 rings (SSSR count). The number of carbonyl (C=O) groups is 2. The molecule has 0 atom stereocenters. The quantitative estimate of drug-likeness (QED) is 0.546. The van der Waals surface area contributed by atoms with Gasteiger partial charge in [0, 0.05) is 38.9 Å². The molecule has 0 aromatic heterocycles. The van der Waals surface area contributed by atoms with E-state index in [2.05, 4.69) is 10.2 Å². The number of piperazine rings is 1. The molecule has 0 radical (unpaired) electrons. The summed E-state index contributed by atoms with van der Waals surface area (Å²) in [7, 11) is 3.02. The number of halogens is 3. The summed E-state index contributed by atoms with van der Waals surface area (Å²) in [6.45, 7) is 5.73. The molecule has 36 heavy (non-hydrogen) atoms. The van der Waals surface area contributed by atoms with Gasteiger partial charge in [-0.1, -0.05) is 42.3 Å². The molecule has 1 aliphatic carbocycles. The van der Waals surface area contributed by atoms with Crippen molar-refractivity contribution >= 4 is 35.0 Å². The SMILES string of the molecule is CCN.CN1CCN(C(=O)CNC(=O)c2ccc(Cl)c(Cl)c2)CC1.CO.Fc1ccc(C2CC2)cc1. The molecule has 2 aromatic rings. The van der Waals surface area contributed by atoms with Crippen molar-refractivity contribution in [2.45, 2.75) is 25.7 Å². The maximum atomic E-state index is 12.4. The predicted octanol–water partition coefficient (Wildman–Crippen LogP) is 3.77. The molecule has 0 unspecified atom stereocenters. The Morgan fingerprint density at radius 3 is 2.08 bits per heavy atom. The summed E-state index contributed by atoms with van der Waals surface area (Å²) < 4.78 is 12.4. The number of aliphatic hydroxyl groups is 1. The van der Waals surface area contributed by atoms with E-state index in [9.17, 15) is 14.0 Å². The van der Waals surface area contributed by atoms with Crippen LogP contribution in [0.25, 0.3) is 0 Å². The summed E-state index contributed by atoms with van der Waals surface area (Å²) in [6.07, 6.45) is 2.57. The second-order valence-electron chi connectivity index (χ2n) is 8.23. The standard InChI is InChI=1S/C14H17Cl2N3O2.C9H9F.C2H7N.CH4O/c1-18-4-6-19(7-5-18)13(20)9-17-14(21)10-2-3-11(15)12(16)8-10;10-9-5-3-8(4-6-9)7-1-2-7;1-2-3;1-2/h2-3,8H,4-7,9H2,1H3,(H,17,21);3-7H,1-2H2;2-3H2,1H3;2H,1H3. The van der Waals surface area contributed by atoms with Gasteiger partial charge in [-0.05, 0) is 68.2 Å². The van der Waals surface area contributed by atoms with Crippen LogP contribution in [0.5, 0.6) is 0 Å². The van der Waals surface area contributed by atoms with E-state index in [0.29, 0.717) is 28.7 Å². The van der Waals surface area contributed by atoms with Gasteiger partial charge in [0.25, 0.3) is 5.91 Å². The van der Waals surface area contributed by atoms with Crippen LogP contribution >= 0.6 is 23.2 Å². The summed E-state index contributed by atoms with van der Waals surface area (Å²) in [5.74, 6) is 0.192. The normalized spacial score (nSPS) is 14.7. The summed E-state index contributed by atoms with van der Waals surface area (Å²) >= 11 is 11.7. The fourth-order valence-electron chi connectivity index (χ4n) is 3.21. The summed E-state index contributed by atoms with van der Waals surface area (Å²) in [6, 6.07) is 11.5. The summed E-state index contributed by atoms with van der Waals surface area (Å²) in [5, 5.41) is 10.3. The molecule has 1 saturated heterocycles. The number of amides is 2. The Morgan fingerprint density at radius 1 is 1.03 bits per heavy atom. The minimum absolute atomic E-state index is 0.0111. The first-order valence-corrected chi connectivity index (χ1v) is 12.6. The zero-order valence-corrected chi connectivity index (χ0v) is 22.7. The molecule has 4 N–H and O–H groups in total. The van der Waals surface area contributed by atoms with Gasteiger partial charge in [0.15, 0.2) is 0 Å². The van der Waals surface area contributed by atoms with Gasteiger partial charge < -0.3 is 26.0 Å². The van der Waals surface area contributed by atoms with Crippen molar-refractivity contribution in [2.75, 3.05) is 53.4 Å². The molecule has 1 saturated carbocycles. The molecule has 1 aliphatic heterocycles. The van der Waals surface area contributed by atoms with E-state index >= 15 is 0 Å². The summed E-state index contributed by atoms with van der Waals surface area (Å²) in [5.41, 5.74) is 6.52. The second kappa shape index (κ2) is 17.3. The molecular formula is C26H37Cl2FN4O3. The zero-order chi connectivity index (χ0) is 27.1. The minimum atomic E-state index is -0.337. The number of hydrogen-bond donors (Lipinski definition) is 3. The van der Waals surface area contributed by atoms with Crippen molar-refractivity contribution in [3.8, 4) is 0 Å². The monoisotopic (exact) mass is 542 g/mol. The molecule has 0 spiro atoms. The van der Waals surface area contributed by atoms with E-state index < -0.39 is 0 Å². The second-order valence-corrected chi connectivity index (χ2v) is 9.04. The molecular weight excluding hydrogens is 506 g/mol. The van der Waals surface area contributed by atoms with Gasteiger partial charge in [-0.15, -0.1) is 0 Å². The highest BCUT2D eigenvalue weighted by Gasteiger charge is 2.23. The lowest BCUT2D eigenvalue weighted by atomic mass is 10.1. The fraction of sp³-hybridized carbons (Fsp3) is 0.462. The number of benzene rings is 2. The topological polar surface area (TPSA) is 98.9 Å². The summed E-state index contributed by atoms with van der Waals surface area (Å²) in [4.78, 5) is 27.9. The lowest BCUT2D eigenvalue weighted by molar-refractivity contribution is -0.131. The van der Waals surface area contributed by atoms with Crippen LogP contribution in [-0.4, -0.2) is 80.1 Å². The Bertz CT molecular complexity index is 935. The highest BCUT2D eigenvalue weighted by Crippen LogP contribution is 2.39. The number of hydrogen-bond acceptors (Lipinski definition) is 5. The maximum Gasteiger partial charge on any atom is 0.251 e. The van der Waals surface area contributed by atoms with Crippen LogP contribution in [0.4, 0.5) is 4.39 Å². The number of carbonyl (C=O) groups excluding carboxylic acids is 2. The van der Waals surface area contributed by atoms with E-state index in [4.69, 9.17) is 34.0 Å². The van der Waals surface area contributed by atoms with Crippen LogP contribution < -0.4 is 11.1 Å². The van der Waals surface area contributed by atoms with Gasteiger partial charge in [-0.25, -0.2) is 4.39 Å². The van der Waals surface area contributed by atoms with E-state index in [0.717, 1.165) is 32.7 Å². The molecule has 2 amide bonds. The number of nitrogens with two attached hydrogens (primary N) is 1. The third-order valence-electron chi connectivity index (χ3n) is 5.36. The Morgan fingerprint density at radius 2 is 1.58 bits per heavy atom. The van der Waals surface area contributed by atoms with E-state index in [1.165, 1.54) is 36.6 Å². The maximum absolute atomic E-state index is 12.4. The van der Waals surface area contributed by atoms with Gasteiger partial charge in [0.2, 0.25) is 5.91 Å². The zero-order valence-electron chi connectivity index (χ0n) is 21.1. The Hall–Kier alpha value is -2.23. The average Bonchev–Trinajstić information content (AvgIpc) is 3.73. The molecule has 2 fully saturated rings. The molecule has 2 aliphatic rings. The molecule has 200 valence electrons. The van der Waals surface area contributed by atoms with Crippen LogP contribution in [0.1, 0.15) is 41.6 Å². The van der Waals surface area contributed by atoms with Crippen LogP contribution in [0.2, 0.25) is 10.0 Å². The van der Waals surface area contributed by atoms with Gasteiger partial charge in [0.1, 0.15) is 5.82 Å². The van der Waals surface area contributed by atoms with Gasteiger partial charge in [-0.2, -0.15) is 0 Å². The number of rotatable bonds is 4. The molecule has 1 heterocycles. The van der Waals surface area contributed by atoms with Crippen molar-refractivity contribution in [2.24, 2.45) is 5.73 Å². The first kappa shape index (κ1) is 31.8. The average molecular weight is 544 g/mol. The van der Waals surface area contributed by atoms with Crippen molar-refractivity contribution in [3.05, 3.63) is 69.5 Å². The van der Waals surface area contributed by atoms with E-state index in [1.807, 2.05) is 26.1 Å². The minimum Gasteiger partial charge on any atom is -0.400 e. The smallest absolute Gasteiger partial charge is 0.251 e. The van der Waals surface area contributed by atoms with Gasteiger partial charge >= 0.3 is 0 Å². The number of likely N-dealkylation sites (N-methyl/N-ethyl adjacent to an activating group) is 1. The Labute approximate surface area is 223 Å². The lowest BCUT2D eigenvalue weighted by Crippen LogP contribution is -2.50. The number of aliphatic hydroxyl groups excluding tert-OH is 1. The Balaban J connectivity index is 0.000000356. The third kappa shape index (κ3) is 11.7. The fourth-order valence-corrected chi connectivity index (χ4v) is 3.51. The molecule has 2 aromatic carbocycles. The number of nitrogens with one attached hydrogen (secondary N) is 1. The van der Waals surface area contributed by atoms with Gasteiger partial charge in [-0.3, -0.25) is 9.59 Å². The Kier molecular flexibility index (Phi) is 15.3. The van der Waals surface area contributed by atoms with E-state index in [-0.39, 0.29) is 24.2 Å². The van der Waals surface area contributed by atoms with Crippen molar-refractivity contribution in [3.63, 3.8) is 0 Å². The van der Waals surface area contributed by atoms with Crippen LogP contribution in [0, 0.1) is 5.82 Å². The highest BCUT2D eigenvalue weighted by atomic mass is 35.5.